The summed E-state index contributed by atoms with van der Waals surface area (Å²) >= 11 is 10.6. The Morgan fingerprint density at radius 3 is 2.58 bits per heavy atom. The average molecular weight is 360 g/mol. The highest BCUT2D eigenvalue weighted by molar-refractivity contribution is 9.10. The van der Waals surface area contributed by atoms with Crippen LogP contribution in [0.2, 0.25) is 4.34 Å². The molecule has 5 heteroatoms. The van der Waals surface area contributed by atoms with Gasteiger partial charge in [0.1, 0.15) is 10.1 Å². The second-order valence-corrected chi connectivity index (χ2v) is 6.51. The first-order chi connectivity index (χ1) is 9.10. The minimum absolute atomic E-state index is 0.119. The molecule has 2 aromatic rings. The van der Waals surface area contributed by atoms with Crippen LogP contribution < -0.4 is 4.74 Å². The van der Waals surface area contributed by atoms with E-state index in [9.17, 15) is 4.79 Å². The number of halogens is 2. The van der Waals surface area contributed by atoms with Crippen LogP contribution in [0.1, 0.15) is 21.7 Å². The van der Waals surface area contributed by atoms with Crippen molar-refractivity contribution in [3.05, 3.63) is 49.6 Å². The van der Waals surface area contributed by atoms with E-state index in [-0.39, 0.29) is 5.78 Å². The molecule has 0 saturated carbocycles. The number of hydrogen-bond donors (Lipinski definition) is 0. The van der Waals surface area contributed by atoms with Gasteiger partial charge in [-0.2, -0.15) is 0 Å². The largest absolute Gasteiger partial charge is 0.497 e. The predicted molar refractivity (Wildman–Crippen MR) is 82.7 cm³/mol. The van der Waals surface area contributed by atoms with Gasteiger partial charge >= 0.3 is 0 Å². The third kappa shape index (κ3) is 3.81. The Morgan fingerprint density at radius 1 is 1.37 bits per heavy atom. The van der Waals surface area contributed by atoms with Gasteiger partial charge in [-0.25, -0.2) is 0 Å². The number of Topliss-reactive ketones (excluding diaryl/α,β-unsaturated/α-hetero) is 1. The normalized spacial score (nSPS) is 10.5. The van der Waals surface area contributed by atoms with Crippen molar-refractivity contribution in [1.82, 2.24) is 0 Å². The smallest absolute Gasteiger partial charge is 0.173 e. The monoisotopic (exact) mass is 358 g/mol. The predicted octanol–water partition coefficient (Wildman–Crippen LogP) is 4.99. The maximum Gasteiger partial charge on any atom is 0.173 e. The molecule has 0 amide bonds. The summed E-state index contributed by atoms with van der Waals surface area (Å²) in [7, 11) is 1.64. The van der Waals surface area contributed by atoms with Gasteiger partial charge in [-0.1, -0.05) is 23.7 Å². The van der Waals surface area contributed by atoms with E-state index in [1.807, 2.05) is 24.3 Å². The van der Waals surface area contributed by atoms with Crippen LogP contribution in [-0.2, 0) is 6.42 Å². The Hall–Kier alpha value is -0.840. The van der Waals surface area contributed by atoms with E-state index in [0.717, 1.165) is 22.2 Å². The number of benzene rings is 1. The Bertz CT molecular complexity index is 558. The lowest BCUT2D eigenvalue weighted by Crippen LogP contribution is -1.98. The molecular weight excluding hydrogens is 348 g/mol. The molecule has 0 unspecified atom stereocenters. The van der Waals surface area contributed by atoms with Gasteiger partial charge in [-0.05, 0) is 46.1 Å². The fraction of sp³-hybridized carbons (Fsp3) is 0.214. The minimum Gasteiger partial charge on any atom is -0.497 e. The van der Waals surface area contributed by atoms with E-state index in [1.54, 1.807) is 13.2 Å². The first-order valence-corrected chi connectivity index (χ1v) is 7.70. The van der Waals surface area contributed by atoms with Gasteiger partial charge in [-0.15, -0.1) is 11.3 Å². The summed E-state index contributed by atoms with van der Waals surface area (Å²) in [4.78, 5) is 12.7. The molecule has 0 aliphatic rings. The minimum atomic E-state index is 0.119. The number of carbonyl (C=O) groups excluding carboxylic acids is 1. The molecule has 0 atom stereocenters. The molecule has 2 nitrogen and oxygen atoms in total. The maximum atomic E-state index is 12.0. The summed E-state index contributed by atoms with van der Waals surface area (Å²) in [5, 5.41) is 0. The van der Waals surface area contributed by atoms with Gasteiger partial charge in [-0.3, -0.25) is 4.79 Å². The van der Waals surface area contributed by atoms with Gasteiger partial charge in [0.05, 0.1) is 12.0 Å². The third-order valence-corrected chi connectivity index (χ3v) is 5.24. The standard InChI is InChI=1S/C14H12BrClO2S/c1-18-10-5-2-9(3-6-10)4-7-12(17)13-8-11(15)14(16)19-13/h2-3,5-6,8H,4,7H2,1H3. The summed E-state index contributed by atoms with van der Waals surface area (Å²) in [5.41, 5.74) is 1.12. The summed E-state index contributed by atoms with van der Waals surface area (Å²) in [6.45, 7) is 0. The molecule has 0 aliphatic carbocycles. The molecule has 0 fully saturated rings. The van der Waals surface area contributed by atoms with Crippen LogP contribution in [0.25, 0.3) is 0 Å². The van der Waals surface area contributed by atoms with Gasteiger partial charge in [0.15, 0.2) is 5.78 Å². The fourth-order valence-electron chi connectivity index (χ4n) is 1.66. The number of ketones is 1. The molecule has 100 valence electrons. The van der Waals surface area contributed by atoms with Crippen LogP contribution in [-0.4, -0.2) is 12.9 Å². The van der Waals surface area contributed by atoms with Crippen LogP contribution in [0.5, 0.6) is 5.75 Å². The van der Waals surface area contributed by atoms with E-state index in [0.29, 0.717) is 15.6 Å². The molecule has 1 heterocycles. The molecule has 0 bridgehead atoms. The number of ether oxygens (including phenoxy) is 1. The summed E-state index contributed by atoms with van der Waals surface area (Å²) in [6, 6.07) is 9.53. The molecular formula is C14H12BrClO2S. The number of methoxy groups -OCH3 is 1. The quantitative estimate of drug-likeness (QED) is 0.703. The molecule has 1 aromatic heterocycles. The molecule has 0 N–H and O–H groups in total. The van der Waals surface area contributed by atoms with Crippen LogP contribution in [0.15, 0.2) is 34.8 Å². The SMILES string of the molecule is COc1ccc(CCC(=O)c2cc(Br)c(Cl)s2)cc1. The summed E-state index contributed by atoms with van der Waals surface area (Å²) in [6.07, 6.45) is 1.20. The molecule has 1 aromatic carbocycles. The van der Waals surface area contributed by atoms with E-state index in [4.69, 9.17) is 16.3 Å². The Labute approximate surface area is 129 Å². The first-order valence-electron chi connectivity index (χ1n) is 5.71. The number of thiophene rings is 1. The highest BCUT2D eigenvalue weighted by Crippen LogP contribution is 2.32. The van der Waals surface area contributed by atoms with Gasteiger partial charge in [0.2, 0.25) is 0 Å². The zero-order chi connectivity index (χ0) is 13.8. The summed E-state index contributed by atoms with van der Waals surface area (Å²) < 4.78 is 6.50. The molecule has 0 aliphatic heterocycles. The van der Waals surface area contributed by atoms with E-state index >= 15 is 0 Å². The van der Waals surface area contributed by atoms with Crippen molar-refractivity contribution in [2.24, 2.45) is 0 Å². The first kappa shape index (κ1) is 14.6. The van der Waals surface area contributed by atoms with Gasteiger partial charge in [0.25, 0.3) is 0 Å². The lowest BCUT2D eigenvalue weighted by atomic mass is 10.1. The number of hydrogen-bond acceptors (Lipinski definition) is 3. The molecule has 0 spiro atoms. The third-order valence-electron chi connectivity index (χ3n) is 2.72. The topological polar surface area (TPSA) is 26.3 Å². The Balaban J connectivity index is 1.96. The fourth-order valence-corrected chi connectivity index (χ4v) is 3.33. The van der Waals surface area contributed by atoms with Crippen molar-refractivity contribution in [1.29, 1.82) is 0 Å². The lowest BCUT2D eigenvalue weighted by molar-refractivity contribution is 0.0986. The zero-order valence-corrected chi connectivity index (χ0v) is 13.4. The highest BCUT2D eigenvalue weighted by Gasteiger charge is 2.12. The summed E-state index contributed by atoms with van der Waals surface area (Å²) in [5.74, 6) is 0.942. The second-order valence-electron chi connectivity index (χ2n) is 4.00. The Morgan fingerprint density at radius 2 is 2.05 bits per heavy atom. The molecule has 0 saturated heterocycles. The van der Waals surface area contributed by atoms with E-state index in [1.165, 1.54) is 11.3 Å². The van der Waals surface area contributed by atoms with E-state index < -0.39 is 0 Å². The van der Waals surface area contributed by atoms with Crippen molar-refractivity contribution in [2.45, 2.75) is 12.8 Å². The number of rotatable bonds is 5. The molecule has 0 radical (unpaired) electrons. The maximum absolute atomic E-state index is 12.0. The van der Waals surface area contributed by atoms with Crippen LogP contribution >= 0.6 is 38.9 Å². The number of carbonyl (C=O) groups is 1. The van der Waals surface area contributed by atoms with Gasteiger partial charge in [0, 0.05) is 10.9 Å². The zero-order valence-electron chi connectivity index (χ0n) is 10.3. The average Bonchev–Trinajstić information content (AvgIpc) is 2.77. The van der Waals surface area contributed by atoms with Crippen LogP contribution in [0.3, 0.4) is 0 Å². The van der Waals surface area contributed by atoms with Crippen molar-refractivity contribution in [2.75, 3.05) is 7.11 Å². The lowest BCUT2D eigenvalue weighted by Gasteiger charge is -2.02. The second kappa shape index (κ2) is 6.55. The van der Waals surface area contributed by atoms with Crippen molar-refractivity contribution in [3.63, 3.8) is 0 Å². The van der Waals surface area contributed by atoms with Crippen molar-refractivity contribution >= 4 is 44.7 Å². The molecule has 19 heavy (non-hydrogen) atoms. The molecule has 2 rings (SSSR count). The Kier molecular flexibility index (Phi) is 5.02. The van der Waals surface area contributed by atoms with E-state index in [2.05, 4.69) is 15.9 Å². The van der Waals surface area contributed by atoms with Crippen molar-refractivity contribution in [3.8, 4) is 5.75 Å². The van der Waals surface area contributed by atoms with Crippen LogP contribution in [0.4, 0.5) is 0 Å². The van der Waals surface area contributed by atoms with Crippen molar-refractivity contribution < 1.29 is 9.53 Å². The van der Waals surface area contributed by atoms with Gasteiger partial charge < -0.3 is 4.74 Å². The number of aryl methyl sites for hydroxylation is 1. The highest BCUT2D eigenvalue weighted by atomic mass is 79.9. The van der Waals surface area contributed by atoms with Crippen LogP contribution in [0, 0.1) is 0 Å².